The zero-order chi connectivity index (χ0) is 11.3. The molecule has 0 radical (unpaired) electrons. The molecule has 0 saturated carbocycles. The molecule has 15 heavy (non-hydrogen) atoms. The molecule has 0 unspecified atom stereocenters. The molecule has 0 saturated heterocycles. The fourth-order valence-corrected chi connectivity index (χ4v) is 1.22. The van der Waals surface area contributed by atoms with E-state index in [0.717, 1.165) is 5.56 Å². The number of benzene rings is 1. The number of anilines is 1. The van der Waals surface area contributed by atoms with Crippen molar-refractivity contribution in [3.8, 4) is 11.8 Å². The van der Waals surface area contributed by atoms with Crippen LogP contribution in [0.2, 0.25) is 0 Å². The summed E-state index contributed by atoms with van der Waals surface area (Å²) in [5, 5.41) is 11.9. The van der Waals surface area contributed by atoms with E-state index in [1.54, 1.807) is 19.1 Å². The molecule has 0 atom stereocenters. The van der Waals surface area contributed by atoms with Crippen molar-refractivity contribution in [3.05, 3.63) is 29.3 Å². The van der Waals surface area contributed by atoms with E-state index in [-0.39, 0.29) is 5.56 Å². The highest BCUT2D eigenvalue weighted by Crippen LogP contribution is 2.16. The fraction of sp³-hybridized carbons (Fsp3) is 0.250. The van der Waals surface area contributed by atoms with Gasteiger partial charge in [-0.3, -0.25) is 0 Å². The van der Waals surface area contributed by atoms with Crippen molar-refractivity contribution in [2.24, 2.45) is 0 Å². The first-order valence-electron chi connectivity index (χ1n) is 4.62. The zero-order valence-electron chi connectivity index (χ0n) is 8.79. The normalized spacial score (nSPS) is 8.93. The van der Waals surface area contributed by atoms with E-state index in [9.17, 15) is 4.79 Å². The maximum Gasteiger partial charge on any atom is 0.337 e. The molecule has 0 bridgehead atoms. The minimum Gasteiger partial charge on any atom is -0.478 e. The minimum absolute atomic E-state index is 0.285. The van der Waals surface area contributed by atoms with Gasteiger partial charge in [-0.2, -0.15) is 0 Å². The lowest BCUT2D eigenvalue weighted by Crippen LogP contribution is -2.06. The summed E-state index contributed by atoms with van der Waals surface area (Å²) in [7, 11) is 0. The summed E-state index contributed by atoms with van der Waals surface area (Å²) < 4.78 is 0. The van der Waals surface area contributed by atoms with Crippen LogP contribution in [0.15, 0.2) is 18.2 Å². The molecule has 0 aliphatic rings. The molecule has 0 aliphatic carbocycles. The van der Waals surface area contributed by atoms with E-state index in [1.165, 1.54) is 0 Å². The number of rotatable bonds is 3. The lowest BCUT2D eigenvalue weighted by atomic mass is 10.1. The van der Waals surface area contributed by atoms with Crippen LogP contribution < -0.4 is 5.32 Å². The van der Waals surface area contributed by atoms with Crippen LogP contribution in [0.25, 0.3) is 0 Å². The number of hydrogen-bond donors (Lipinski definition) is 2. The highest BCUT2D eigenvalue weighted by Gasteiger charge is 2.08. The molecular formula is C12H13NO2. The summed E-state index contributed by atoms with van der Waals surface area (Å²) >= 11 is 0. The van der Waals surface area contributed by atoms with Crippen LogP contribution >= 0.6 is 0 Å². The first-order valence-corrected chi connectivity index (χ1v) is 4.62. The van der Waals surface area contributed by atoms with E-state index in [1.807, 2.05) is 13.0 Å². The topological polar surface area (TPSA) is 49.3 Å². The van der Waals surface area contributed by atoms with Gasteiger partial charge in [0.05, 0.1) is 12.1 Å². The predicted octanol–water partition coefficient (Wildman–Crippen LogP) is 2.13. The molecule has 0 amide bonds. The monoisotopic (exact) mass is 203 g/mol. The van der Waals surface area contributed by atoms with Gasteiger partial charge in [-0.05, 0) is 26.0 Å². The Morgan fingerprint density at radius 3 is 2.87 bits per heavy atom. The molecule has 2 N–H and O–H groups in total. The molecule has 1 rings (SSSR count). The first kappa shape index (κ1) is 11.1. The van der Waals surface area contributed by atoms with Crippen LogP contribution in [0.4, 0.5) is 5.69 Å². The van der Waals surface area contributed by atoms with E-state index in [4.69, 9.17) is 5.11 Å². The third-order valence-electron chi connectivity index (χ3n) is 1.95. The summed E-state index contributed by atoms with van der Waals surface area (Å²) in [5.41, 5.74) is 1.82. The average Bonchev–Trinajstić information content (AvgIpc) is 2.20. The molecule has 0 fully saturated rings. The van der Waals surface area contributed by atoms with Crippen molar-refractivity contribution in [1.82, 2.24) is 0 Å². The Balaban J connectivity index is 2.94. The lowest BCUT2D eigenvalue weighted by molar-refractivity contribution is 0.0698. The maximum absolute atomic E-state index is 10.9. The number of carboxylic acids is 1. The van der Waals surface area contributed by atoms with E-state index in [2.05, 4.69) is 17.2 Å². The molecule has 3 heteroatoms. The fourth-order valence-electron chi connectivity index (χ4n) is 1.22. The molecule has 1 aromatic carbocycles. The van der Waals surface area contributed by atoms with Gasteiger partial charge >= 0.3 is 5.97 Å². The standard InChI is InChI=1S/C12H13NO2/c1-3-4-7-13-11-6-5-9(2)8-10(11)12(14)15/h5-6,8,13H,7H2,1-2H3,(H,14,15). The second kappa shape index (κ2) is 5.06. The number of aryl methyl sites for hydroxylation is 1. The predicted molar refractivity (Wildman–Crippen MR) is 60.1 cm³/mol. The molecule has 0 aromatic heterocycles. The van der Waals surface area contributed by atoms with Crippen LogP contribution in [0, 0.1) is 18.8 Å². The largest absolute Gasteiger partial charge is 0.478 e. The quantitative estimate of drug-likeness (QED) is 0.740. The summed E-state index contributed by atoms with van der Waals surface area (Å²) in [6.45, 7) is 4.07. The Hall–Kier alpha value is -1.95. The van der Waals surface area contributed by atoms with Gasteiger partial charge in [0.15, 0.2) is 0 Å². The molecule has 0 aliphatic heterocycles. The highest BCUT2D eigenvalue weighted by molar-refractivity contribution is 5.94. The summed E-state index contributed by atoms with van der Waals surface area (Å²) in [6, 6.07) is 5.27. The molecule has 0 heterocycles. The smallest absolute Gasteiger partial charge is 0.337 e. The van der Waals surface area contributed by atoms with Gasteiger partial charge in [0.2, 0.25) is 0 Å². The van der Waals surface area contributed by atoms with E-state index >= 15 is 0 Å². The van der Waals surface area contributed by atoms with Gasteiger partial charge in [0.1, 0.15) is 0 Å². The average molecular weight is 203 g/mol. The maximum atomic E-state index is 10.9. The number of nitrogens with one attached hydrogen (secondary N) is 1. The molecular weight excluding hydrogens is 190 g/mol. The SMILES string of the molecule is CC#CCNc1ccc(C)cc1C(=O)O. The summed E-state index contributed by atoms with van der Waals surface area (Å²) in [4.78, 5) is 10.9. The molecule has 3 nitrogen and oxygen atoms in total. The Labute approximate surface area is 89.1 Å². The van der Waals surface area contributed by atoms with Gasteiger partial charge < -0.3 is 10.4 Å². The summed E-state index contributed by atoms with van der Waals surface area (Å²) in [5.74, 6) is 4.64. The third kappa shape index (κ3) is 3.03. The minimum atomic E-state index is -0.925. The first-order chi connectivity index (χ1) is 7.15. The highest BCUT2D eigenvalue weighted by atomic mass is 16.4. The number of hydrogen-bond acceptors (Lipinski definition) is 2. The van der Waals surface area contributed by atoms with Crippen LogP contribution in [0.5, 0.6) is 0 Å². The molecule has 78 valence electrons. The number of aromatic carboxylic acids is 1. The van der Waals surface area contributed by atoms with Gasteiger partial charge in [-0.15, -0.1) is 5.92 Å². The van der Waals surface area contributed by atoms with Gasteiger partial charge in [0, 0.05) is 5.69 Å². The van der Waals surface area contributed by atoms with Crippen LogP contribution in [0.3, 0.4) is 0 Å². The van der Waals surface area contributed by atoms with Crippen molar-refractivity contribution in [2.45, 2.75) is 13.8 Å². The molecule has 0 spiro atoms. The Morgan fingerprint density at radius 1 is 1.53 bits per heavy atom. The number of carbonyl (C=O) groups is 1. The van der Waals surface area contributed by atoms with Crippen molar-refractivity contribution < 1.29 is 9.90 Å². The lowest BCUT2D eigenvalue weighted by Gasteiger charge is -2.07. The van der Waals surface area contributed by atoms with Gasteiger partial charge in [-0.1, -0.05) is 17.6 Å². The van der Waals surface area contributed by atoms with Gasteiger partial charge in [-0.25, -0.2) is 4.79 Å². The Morgan fingerprint density at radius 2 is 2.27 bits per heavy atom. The third-order valence-corrected chi connectivity index (χ3v) is 1.95. The van der Waals surface area contributed by atoms with Gasteiger partial charge in [0.25, 0.3) is 0 Å². The van der Waals surface area contributed by atoms with Crippen LogP contribution in [-0.4, -0.2) is 17.6 Å². The van der Waals surface area contributed by atoms with Crippen LogP contribution in [0.1, 0.15) is 22.8 Å². The number of carboxylic acid groups (broad SMARTS) is 1. The molecule has 1 aromatic rings. The second-order valence-corrected chi connectivity index (χ2v) is 3.13. The summed E-state index contributed by atoms with van der Waals surface area (Å²) in [6.07, 6.45) is 0. The van der Waals surface area contributed by atoms with Crippen molar-refractivity contribution in [3.63, 3.8) is 0 Å². The van der Waals surface area contributed by atoms with Crippen molar-refractivity contribution >= 4 is 11.7 Å². The Kier molecular flexibility index (Phi) is 3.75. The van der Waals surface area contributed by atoms with Crippen molar-refractivity contribution in [1.29, 1.82) is 0 Å². The van der Waals surface area contributed by atoms with E-state index in [0.29, 0.717) is 12.2 Å². The zero-order valence-corrected chi connectivity index (χ0v) is 8.79. The Bertz CT molecular complexity index is 427. The van der Waals surface area contributed by atoms with E-state index < -0.39 is 5.97 Å². The van der Waals surface area contributed by atoms with Crippen LogP contribution in [-0.2, 0) is 0 Å². The van der Waals surface area contributed by atoms with Crippen molar-refractivity contribution in [2.75, 3.05) is 11.9 Å². The second-order valence-electron chi connectivity index (χ2n) is 3.13.